The molecule has 4 aromatic rings. The first-order chi connectivity index (χ1) is 22.3. The topological polar surface area (TPSA) is 127 Å². The molecule has 1 aromatic carbocycles. The van der Waals surface area contributed by atoms with Gasteiger partial charge in [-0.25, -0.2) is 0 Å². The molecule has 5 heterocycles. The normalized spacial score (nSPS) is 15.5. The van der Waals surface area contributed by atoms with E-state index in [4.69, 9.17) is 9.47 Å². The number of methoxy groups -OCH3 is 1. The molecule has 3 aromatic heterocycles. The number of fused-ring (bicyclic) bond motifs is 2. The maximum atomic E-state index is 13.2. The van der Waals surface area contributed by atoms with Gasteiger partial charge >= 0.3 is 140 Å². The third-order valence-electron chi connectivity index (χ3n) is 8.13. The van der Waals surface area contributed by atoms with Crippen LogP contribution in [0, 0.1) is 6.92 Å². The Morgan fingerprint density at radius 2 is 1.98 bits per heavy atom. The van der Waals surface area contributed by atoms with Gasteiger partial charge in [-0.3, -0.25) is 14.6 Å². The van der Waals surface area contributed by atoms with Crippen LogP contribution in [0.3, 0.4) is 0 Å². The van der Waals surface area contributed by atoms with Gasteiger partial charge in [0.05, 0.1) is 31.0 Å². The van der Waals surface area contributed by atoms with E-state index in [-0.39, 0.29) is 51.3 Å². The number of nitrogens with one attached hydrogen (secondary N) is 2. The molecule has 0 saturated carbocycles. The molecule has 0 bridgehead atoms. The smallest absolute Gasteiger partial charge is 0.256 e. The molecule has 238 valence electrons. The van der Waals surface area contributed by atoms with Gasteiger partial charge < -0.3 is 14.4 Å². The van der Waals surface area contributed by atoms with Crippen LogP contribution in [0.2, 0.25) is 0 Å². The Labute approximate surface area is 273 Å². The van der Waals surface area contributed by atoms with Crippen LogP contribution in [0.25, 0.3) is 10.1 Å². The second-order valence-corrected chi connectivity index (χ2v) is 13.4. The number of piperidine rings is 1. The Bertz CT molecular complexity index is 1800. The predicted octanol–water partition coefficient (Wildman–Crippen LogP) is 5.22. The van der Waals surface area contributed by atoms with Crippen LogP contribution in [0.1, 0.15) is 58.5 Å². The van der Waals surface area contributed by atoms with Crippen molar-refractivity contribution in [3.8, 4) is 21.6 Å². The average Bonchev–Trinajstić information content (AvgIpc) is 3.69. The molecule has 11 nitrogen and oxygen atoms in total. The summed E-state index contributed by atoms with van der Waals surface area (Å²) < 4.78 is 14.4. The largest absolute Gasteiger partial charge is 0.331 e. The zero-order valence-electron chi connectivity index (χ0n) is 26.0. The second kappa shape index (κ2) is 13.8. The Kier molecular flexibility index (Phi) is 9.37. The number of carbonyl (C=O) groups is 3. The summed E-state index contributed by atoms with van der Waals surface area (Å²) in [6.45, 7) is 2.97. The van der Waals surface area contributed by atoms with Crippen molar-refractivity contribution in [2.45, 2.75) is 45.1 Å². The Morgan fingerprint density at radius 3 is 2.76 bits per heavy atom. The minimum absolute atomic E-state index is 0.00872. The minimum atomic E-state index is -0.298. The molecule has 2 N–H and O–H groups in total. The van der Waals surface area contributed by atoms with Crippen molar-refractivity contribution >= 4 is 55.5 Å². The molecule has 0 radical (unpaired) electrons. The number of amides is 3. The van der Waals surface area contributed by atoms with E-state index in [1.54, 1.807) is 42.2 Å². The van der Waals surface area contributed by atoms with Crippen molar-refractivity contribution in [3.63, 3.8) is 0 Å². The first kappa shape index (κ1) is 31.3. The van der Waals surface area contributed by atoms with Gasteiger partial charge in [-0.2, -0.15) is 0 Å². The molecule has 3 amide bonds. The molecular formula is C34H36N6O5Se. The van der Waals surface area contributed by atoms with Crippen LogP contribution in [0.15, 0.2) is 58.7 Å². The van der Waals surface area contributed by atoms with Crippen molar-refractivity contribution in [2.24, 2.45) is 12.0 Å². The van der Waals surface area contributed by atoms with Crippen LogP contribution in [-0.4, -0.2) is 79.2 Å². The van der Waals surface area contributed by atoms with Crippen molar-refractivity contribution in [2.75, 3.05) is 30.9 Å². The third-order valence-corrected chi connectivity index (χ3v) is 9.97. The van der Waals surface area contributed by atoms with Crippen molar-refractivity contribution in [1.29, 1.82) is 0 Å². The number of ether oxygens (including phenoxy) is 2. The van der Waals surface area contributed by atoms with Crippen molar-refractivity contribution in [3.05, 3.63) is 70.6 Å². The molecule has 1 fully saturated rings. The summed E-state index contributed by atoms with van der Waals surface area (Å²) in [5.74, 6) is 0.377. The number of anilines is 2. The monoisotopic (exact) mass is 688 g/mol. The SMILES string of the molecule is COc1cc2c(cc1OCCCC(=O)Nc1cc(C(=O)Nc3cnc(-c4ccc[se]4)c(C)c3)n(C)c1)N=C[C@@H]1CCCCN1C2=O. The fourth-order valence-electron chi connectivity index (χ4n) is 5.79. The van der Waals surface area contributed by atoms with Gasteiger partial charge in [-0.15, -0.1) is 0 Å². The fourth-order valence-corrected chi connectivity index (χ4v) is 7.44. The molecule has 12 heteroatoms. The summed E-state index contributed by atoms with van der Waals surface area (Å²) in [5, 5.41) is 5.77. The average molecular weight is 688 g/mol. The maximum Gasteiger partial charge on any atom is 0.256 e. The van der Waals surface area contributed by atoms with E-state index in [9.17, 15) is 14.4 Å². The van der Waals surface area contributed by atoms with Gasteiger partial charge in [0.2, 0.25) is 0 Å². The van der Waals surface area contributed by atoms with Gasteiger partial charge in [0, 0.05) is 25.2 Å². The molecule has 1 saturated heterocycles. The number of benzene rings is 1. The fraction of sp³-hybridized carbons (Fsp3) is 0.324. The molecular weight excluding hydrogens is 651 g/mol. The number of aromatic nitrogens is 2. The molecule has 0 spiro atoms. The predicted molar refractivity (Wildman–Crippen MR) is 178 cm³/mol. The number of nitrogens with zero attached hydrogens (tertiary/aromatic N) is 4. The molecule has 1 atom stereocenters. The van der Waals surface area contributed by atoms with Gasteiger partial charge in [-0.1, -0.05) is 0 Å². The standard InChI is InChI=1S/C34H36N6O5Se/c1-21-14-22(18-36-32(21)30-9-7-13-46-30)38-33(42)27-15-23(20-39(27)2)37-31(41)10-6-12-45-29-17-26-25(16-28(29)44-3)34(43)40-11-5-4-8-24(40)19-35-26/h7,9,13-20,24H,4-6,8,10-12H2,1-3H3,(H,37,41)(H,38,42)/t24-/m0/s1. The number of aliphatic imine (C=N–C) groups is 1. The molecule has 2 aliphatic heterocycles. The van der Waals surface area contributed by atoms with E-state index >= 15 is 0 Å². The van der Waals surface area contributed by atoms with E-state index in [1.807, 2.05) is 30.2 Å². The first-order valence-electron chi connectivity index (χ1n) is 15.3. The summed E-state index contributed by atoms with van der Waals surface area (Å²) in [5.41, 5.74) is 4.54. The number of aryl methyl sites for hydroxylation is 2. The minimum Gasteiger partial charge on any atom is -0.331 e. The van der Waals surface area contributed by atoms with Crippen LogP contribution < -0.4 is 20.1 Å². The Morgan fingerprint density at radius 1 is 1.11 bits per heavy atom. The Hall–Kier alpha value is -4.67. The molecule has 0 unspecified atom stereocenters. The third kappa shape index (κ3) is 6.78. The summed E-state index contributed by atoms with van der Waals surface area (Å²) in [4.78, 5) is 52.2. The number of rotatable bonds is 10. The van der Waals surface area contributed by atoms with E-state index in [0.717, 1.165) is 37.1 Å². The zero-order chi connectivity index (χ0) is 32.2. The first-order valence-corrected chi connectivity index (χ1v) is 17.1. The quantitative estimate of drug-likeness (QED) is 0.174. The van der Waals surface area contributed by atoms with Crippen LogP contribution in [0.4, 0.5) is 17.1 Å². The summed E-state index contributed by atoms with van der Waals surface area (Å²) in [6.07, 6.45) is 8.85. The van der Waals surface area contributed by atoms with E-state index in [1.165, 1.54) is 11.5 Å². The number of pyridine rings is 1. The van der Waals surface area contributed by atoms with Gasteiger partial charge in [0.25, 0.3) is 5.91 Å². The molecule has 46 heavy (non-hydrogen) atoms. The van der Waals surface area contributed by atoms with Gasteiger partial charge in [0.15, 0.2) is 11.5 Å². The summed E-state index contributed by atoms with van der Waals surface area (Å²) in [6, 6.07) is 11.1. The summed E-state index contributed by atoms with van der Waals surface area (Å²) >= 11 is 0.282. The zero-order valence-corrected chi connectivity index (χ0v) is 27.8. The molecule has 6 rings (SSSR count). The number of carbonyl (C=O) groups excluding carboxylic acids is 3. The number of hydrogen-bond donors (Lipinski definition) is 2. The second-order valence-electron chi connectivity index (χ2n) is 11.4. The van der Waals surface area contributed by atoms with E-state index < -0.39 is 0 Å². The van der Waals surface area contributed by atoms with E-state index in [0.29, 0.717) is 46.2 Å². The van der Waals surface area contributed by atoms with Crippen LogP contribution in [-0.2, 0) is 11.8 Å². The van der Waals surface area contributed by atoms with E-state index in [2.05, 4.69) is 31.6 Å². The van der Waals surface area contributed by atoms with Crippen LogP contribution in [0.5, 0.6) is 11.5 Å². The van der Waals surface area contributed by atoms with Gasteiger partial charge in [0.1, 0.15) is 0 Å². The van der Waals surface area contributed by atoms with Crippen LogP contribution >= 0.6 is 0 Å². The Balaban J connectivity index is 1.02. The van der Waals surface area contributed by atoms with Crippen molar-refractivity contribution in [1.82, 2.24) is 14.5 Å². The molecule has 2 aliphatic rings. The summed E-state index contributed by atoms with van der Waals surface area (Å²) in [7, 11) is 3.29. The van der Waals surface area contributed by atoms with Gasteiger partial charge in [-0.05, 0) is 31.7 Å². The molecule has 0 aliphatic carbocycles. The maximum absolute atomic E-state index is 13.2. The van der Waals surface area contributed by atoms with Crippen molar-refractivity contribution < 1.29 is 23.9 Å². The number of hydrogen-bond acceptors (Lipinski definition) is 7.